The lowest BCUT2D eigenvalue weighted by Crippen LogP contribution is -2.34. The van der Waals surface area contributed by atoms with E-state index in [1.807, 2.05) is 0 Å². The summed E-state index contributed by atoms with van der Waals surface area (Å²) < 4.78 is 0. The Kier molecular flexibility index (Phi) is 36.5. The number of carbonyl (C=O) groups excluding carboxylic acids is 6. The highest BCUT2D eigenvalue weighted by Gasteiger charge is 2.16. The minimum atomic E-state index is -0.205. The van der Waals surface area contributed by atoms with Crippen molar-refractivity contribution in [3.63, 3.8) is 0 Å². The fourth-order valence-corrected chi connectivity index (χ4v) is 8.08. The number of aryl methyl sites for hydroxylation is 3. The average Bonchev–Trinajstić information content (AvgIpc) is 3.29. The van der Waals surface area contributed by atoms with Crippen molar-refractivity contribution < 1.29 is 28.8 Å². The van der Waals surface area contributed by atoms with E-state index in [0.717, 1.165) is 116 Å². The molecule has 3 N–H and O–H groups in total. The molecule has 12 heteroatoms. The van der Waals surface area contributed by atoms with Gasteiger partial charge in [-0.05, 0) is 93.7 Å². The molecule has 6 amide bonds. The van der Waals surface area contributed by atoms with Gasteiger partial charge in [-0.3, -0.25) is 28.8 Å². The van der Waals surface area contributed by atoms with E-state index < -0.39 is 0 Å². The third-order valence-electron chi connectivity index (χ3n) is 12.5. The van der Waals surface area contributed by atoms with Crippen LogP contribution in [0.3, 0.4) is 0 Å². The molecule has 0 atom stereocenters. The van der Waals surface area contributed by atoms with Gasteiger partial charge in [0, 0.05) is 60.4 Å². The Hall–Kier alpha value is -3.96. The predicted molar refractivity (Wildman–Crippen MR) is 271 cm³/mol. The maximum atomic E-state index is 12.5. The Labute approximate surface area is 402 Å². The average molecular weight is 925 g/mol. The summed E-state index contributed by atoms with van der Waals surface area (Å²) in [6.07, 6.45) is 28.1. The zero-order valence-corrected chi connectivity index (χ0v) is 43.0. The van der Waals surface area contributed by atoms with Crippen LogP contribution in [0.4, 0.5) is 0 Å². The normalized spacial score (nSPS) is 11.0. The first-order valence-corrected chi connectivity index (χ1v) is 26.5. The van der Waals surface area contributed by atoms with E-state index in [1.54, 1.807) is 35.8 Å². The van der Waals surface area contributed by atoms with E-state index in [4.69, 9.17) is 0 Å². The third-order valence-corrected chi connectivity index (χ3v) is 12.5. The lowest BCUT2D eigenvalue weighted by Gasteiger charge is -2.17. The summed E-state index contributed by atoms with van der Waals surface area (Å²) in [5.41, 5.74) is 3.96. The largest absolute Gasteiger partial charge is 0.356 e. The molecule has 0 radical (unpaired) electrons. The summed E-state index contributed by atoms with van der Waals surface area (Å²) in [6.45, 7) is 10.4. The molecule has 0 bridgehead atoms. The van der Waals surface area contributed by atoms with Crippen LogP contribution in [-0.4, -0.2) is 111 Å². The quantitative estimate of drug-likeness (QED) is 0.0440. The summed E-state index contributed by atoms with van der Waals surface area (Å²) in [6, 6.07) is 6.98. The van der Waals surface area contributed by atoms with Gasteiger partial charge in [0.25, 0.3) is 0 Å². The molecule has 0 saturated carbocycles. The van der Waals surface area contributed by atoms with E-state index in [9.17, 15) is 28.8 Å². The fraction of sp³-hybridized carbons (Fsp3) is 0.778. The summed E-state index contributed by atoms with van der Waals surface area (Å²) in [7, 11) is 5.35. The standard InChI is InChI=1S/C54H96N6O6/c1-7-10-13-16-28-37-58(4)52(64)43-49(61)55-34-25-19-22-31-46-40-47(32-23-20-26-35-56-50(62)44-53(65)59(5)38-29-17-14-11-8-2)42-48(41-46)33-24-21-27-36-57-51(63)45-54(66)60(6)39-30-18-15-12-9-3/h40-42H,7-39,43-45H2,1-6H3,(H,55,61)(H,56,62)(H,57,63). The van der Waals surface area contributed by atoms with Gasteiger partial charge < -0.3 is 30.7 Å². The molecule has 12 nitrogen and oxygen atoms in total. The van der Waals surface area contributed by atoms with Gasteiger partial charge >= 0.3 is 0 Å². The maximum Gasteiger partial charge on any atom is 0.231 e. The second-order valence-electron chi connectivity index (χ2n) is 18.9. The molecule has 66 heavy (non-hydrogen) atoms. The minimum absolute atomic E-state index is 0.0966. The number of benzene rings is 1. The third kappa shape index (κ3) is 32.7. The monoisotopic (exact) mass is 925 g/mol. The molecule has 0 aliphatic carbocycles. The minimum Gasteiger partial charge on any atom is -0.356 e. The SMILES string of the molecule is CCCCCCCN(C)C(=O)CC(=O)NCCCCCc1cc(CCCCCNC(=O)CC(=O)N(C)CCCCCCC)cc(CCCCCNC(=O)CC(=O)N(C)CCCCCCC)c1. The van der Waals surface area contributed by atoms with Gasteiger partial charge in [0.1, 0.15) is 19.3 Å². The van der Waals surface area contributed by atoms with Crippen molar-refractivity contribution in [3.8, 4) is 0 Å². The molecule has 0 fully saturated rings. The second kappa shape index (κ2) is 40.1. The smallest absolute Gasteiger partial charge is 0.231 e. The van der Waals surface area contributed by atoms with Crippen molar-refractivity contribution in [2.45, 2.75) is 213 Å². The molecule has 1 rings (SSSR count). The van der Waals surface area contributed by atoms with Gasteiger partial charge in [0.2, 0.25) is 35.4 Å². The van der Waals surface area contributed by atoms with Gasteiger partial charge in [-0.2, -0.15) is 0 Å². The number of nitrogens with zero attached hydrogens (tertiary/aromatic N) is 3. The molecule has 378 valence electrons. The Morgan fingerprint density at radius 1 is 0.348 bits per heavy atom. The fourth-order valence-electron chi connectivity index (χ4n) is 8.08. The van der Waals surface area contributed by atoms with Gasteiger partial charge in [0.05, 0.1) is 0 Å². The zero-order chi connectivity index (χ0) is 48.6. The first-order chi connectivity index (χ1) is 31.9. The Morgan fingerprint density at radius 3 is 0.848 bits per heavy atom. The molecule has 0 saturated heterocycles. The van der Waals surface area contributed by atoms with Crippen molar-refractivity contribution in [2.75, 3.05) is 60.4 Å². The van der Waals surface area contributed by atoms with Crippen molar-refractivity contribution in [2.24, 2.45) is 0 Å². The zero-order valence-electron chi connectivity index (χ0n) is 43.0. The van der Waals surface area contributed by atoms with Crippen LogP contribution in [-0.2, 0) is 48.0 Å². The van der Waals surface area contributed by atoms with E-state index >= 15 is 0 Å². The van der Waals surface area contributed by atoms with Crippen LogP contribution in [0.1, 0.15) is 211 Å². The van der Waals surface area contributed by atoms with E-state index in [-0.39, 0.29) is 54.7 Å². The summed E-state index contributed by atoms with van der Waals surface area (Å²) in [5.74, 6) is -0.983. The summed E-state index contributed by atoms with van der Waals surface area (Å²) >= 11 is 0. The summed E-state index contributed by atoms with van der Waals surface area (Å²) in [5, 5.41) is 8.82. The Balaban J connectivity index is 2.58. The number of unbranched alkanes of at least 4 members (excludes halogenated alkanes) is 18. The van der Waals surface area contributed by atoms with Crippen molar-refractivity contribution in [1.82, 2.24) is 30.7 Å². The topological polar surface area (TPSA) is 148 Å². The number of amides is 6. The maximum absolute atomic E-state index is 12.5. The van der Waals surface area contributed by atoms with E-state index in [2.05, 4.69) is 54.9 Å². The Morgan fingerprint density at radius 2 is 0.591 bits per heavy atom. The van der Waals surface area contributed by atoms with Crippen LogP contribution in [0, 0.1) is 0 Å². The van der Waals surface area contributed by atoms with Gasteiger partial charge in [-0.15, -0.1) is 0 Å². The molecule has 0 unspecified atom stereocenters. The van der Waals surface area contributed by atoms with Crippen LogP contribution in [0.15, 0.2) is 18.2 Å². The predicted octanol–water partition coefficient (Wildman–Crippen LogP) is 9.63. The highest BCUT2D eigenvalue weighted by molar-refractivity contribution is 5.97. The Bertz CT molecular complexity index is 1300. The molecule has 0 spiro atoms. The first kappa shape index (κ1) is 60.1. The lowest BCUT2D eigenvalue weighted by atomic mass is 9.95. The highest BCUT2D eigenvalue weighted by Crippen LogP contribution is 2.18. The van der Waals surface area contributed by atoms with Gasteiger partial charge in [-0.1, -0.05) is 135 Å². The van der Waals surface area contributed by atoms with E-state index in [0.29, 0.717) is 39.3 Å². The van der Waals surface area contributed by atoms with Crippen LogP contribution in [0.25, 0.3) is 0 Å². The molecule has 0 heterocycles. The molecular weight excluding hydrogens is 829 g/mol. The lowest BCUT2D eigenvalue weighted by molar-refractivity contribution is -0.136. The number of nitrogens with one attached hydrogen (secondary N) is 3. The van der Waals surface area contributed by atoms with E-state index in [1.165, 1.54) is 74.5 Å². The van der Waals surface area contributed by atoms with Crippen molar-refractivity contribution >= 4 is 35.4 Å². The number of hydrogen-bond donors (Lipinski definition) is 3. The van der Waals surface area contributed by atoms with Crippen molar-refractivity contribution in [1.29, 1.82) is 0 Å². The van der Waals surface area contributed by atoms with Crippen LogP contribution >= 0.6 is 0 Å². The summed E-state index contributed by atoms with van der Waals surface area (Å²) in [4.78, 5) is 79.9. The first-order valence-electron chi connectivity index (χ1n) is 26.5. The number of carbonyl (C=O) groups is 6. The van der Waals surface area contributed by atoms with Crippen LogP contribution in [0.2, 0.25) is 0 Å². The van der Waals surface area contributed by atoms with Gasteiger partial charge in [0.15, 0.2) is 0 Å². The van der Waals surface area contributed by atoms with Crippen LogP contribution in [0.5, 0.6) is 0 Å². The van der Waals surface area contributed by atoms with Crippen LogP contribution < -0.4 is 16.0 Å². The molecule has 0 aliphatic heterocycles. The molecule has 0 aromatic heterocycles. The highest BCUT2D eigenvalue weighted by atomic mass is 16.2. The van der Waals surface area contributed by atoms with Gasteiger partial charge in [-0.25, -0.2) is 0 Å². The molecular formula is C54H96N6O6. The number of hydrogen-bond acceptors (Lipinski definition) is 6. The number of rotatable bonds is 42. The second-order valence-corrected chi connectivity index (χ2v) is 18.9. The molecule has 0 aliphatic rings. The van der Waals surface area contributed by atoms with Crippen molar-refractivity contribution in [3.05, 3.63) is 34.9 Å². The molecule has 1 aromatic rings. The molecule has 1 aromatic carbocycles.